The van der Waals surface area contributed by atoms with Crippen LogP contribution in [0.25, 0.3) is 10.9 Å². The van der Waals surface area contributed by atoms with Crippen LogP contribution >= 0.6 is 11.6 Å². The van der Waals surface area contributed by atoms with Gasteiger partial charge in [0.2, 0.25) is 5.91 Å². The Morgan fingerprint density at radius 1 is 1.09 bits per heavy atom. The molecule has 1 aliphatic rings. The van der Waals surface area contributed by atoms with Gasteiger partial charge in [0.1, 0.15) is 5.82 Å². The first kappa shape index (κ1) is 22.0. The number of carbonyl (C=O) groups is 2. The first-order valence-electron chi connectivity index (χ1n) is 10.3. The van der Waals surface area contributed by atoms with Crippen molar-refractivity contribution in [1.82, 2.24) is 19.4 Å². The van der Waals surface area contributed by atoms with Gasteiger partial charge in [-0.1, -0.05) is 23.7 Å². The highest BCUT2D eigenvalue weighted by Gasteiger charge is 2.26. The molecule has 0 aliphatic carbocycles. The molecule has 1 aromatic heterocycles. The standard InChI is InChI=1S/C23H22ClFN4O3/c1-15-3-2-4-18-21(15)26-14-29(23(18)32)8-7-20(30)27-9-11-28(12-10-27)22(31)17-6-5-16(25)13-19(17)24/h2-6,13-14H,7-12H2,1H3. The van der Waals surface area contributed by atoms with Crippen molar-refractivity contribution in [2.75, 3.05) is 26.2 Å². The minimum absolute atomic E-state index is 0.0677. The maximum Gasteiger partial charge on any atom is 0.261 e. The van der Waals surface area contributed by atoms with Crippen LogP contribution in [0.5, 0.6) is 0 Å². The Labute approximate surface area is 189 Å². The van der Waals surface area contributed by atoms with Crippen molar-refractivity contribution in [1.29, 1.82) is 0 Å². The Morgan fingerprint density at radius 2 is 1.81 bits per heavy atom. The number of nitrogens with zero attached hydrogens (tertiary/aromatic N) is 4. The van der Waals surface area contributed by atoms with Gasteiger partial charge in [0.25, 0.3) is 11.5 Å². The van der Waals surface area contributed by atoms with E-state index in [1.165, 1.54) is 23.0 Å². The predicted octanol–water partition coefficient (Wildman–Crippen LogP) is 2.87. The molecule has 0 spiro atoms. The van der Waals surface area contributed by atoms with Gasteiger partial charge in [-0.15, -0.1) is 0 Å². The first-order chi connectivity index (χ1) is 15.3. The van der Waals surface area contributed by atoms with Crippen molar-refractivity contribution in [2.24, 2.45) is 0 Å². The number of hydrogen-bond acceptors (Lipinski definition) is 4. The Hall–Kier alpha value is -3.26. The van der Waals surface area contributed by atoms with Gasteiger partial charge in [0.15, 0.2) is 0 Å². The van der Waals surface area contributed by atoms with Gasteiger partial charge < -0.3 is 9.80 Å². The number of fused-ring (bicyclic) bond motifs is 1. The largest absolute Gasteiger partial charge is 0.339 e. The lowest BCUT2D eigenvalue weighted by Gasteiger charge is -2.35. The van der Waals surface area contributed by atoms with Crippen LogP contribution in [-0.2, 0) is 11.3 Å². The summed E-state index contributed by atoms with van der Waals surface area (Å²) in [4.78, 5) is 45.7. The molecule has 0 bridgehead atoms. The zero-order chi connectivity index (χ0) is 22.8. The van der Waals surface area contributed by atoms with E-state index in [2.05, 4.69) is 4.98 Å². The summed E-state index contributed by atoms with van der Waals surface area (Å²) in [6.07, 6.45) is 1.64. The van der Waals surface area contributed by atoms with Crippen molar-refractivity contribution >= 4 is 34.3 Å². The van der Waals surface area contributed by atoms with E-state index in [0.717, 1.165) is 11.6 Å². The Balaban J connectivity index is 1.35. The van der Waals surface area contributed by atoms with Crippen molar-refractivity contribution in [2.45, 2.75) is 19.9 Å². The molecular weight excluding hydrogens is 435 g/mol. The van der Waals surface area contributed by atoms with Gasteiger partial charge in [0.05, 0.1) is 27.8 Å². The number of rotatable bonds is 4. The van der Waals surface area contributed by atoms with Gasteiger partial charge in [-0.3, -0.25) is 19.0 Å². The van der Waals surface area contributed by atoms with Crippen LogP contribution in [0.15, 0.2) is 47.5 Å². The van der Waals surface area contributed by atoms with E-state index in [-0.39, 0.29) is 40.9 Å². The number of carbonyl (C=O) groups excluding carboxylic acids is 2. The lowest BCUT2D eigenvalue weighted by molar-refractivity contribution is -0.132. The monoisotopic (exact) mass is 456 g/mol. The number of para-hydroxylation sites is 1. The molecule has 4 rings (SSSR count). The van der Waals surface area contributed by atoms with Crippen LogP contribution in [-0.4, -0.2) is 57.3 Å². The summed E-state index contributed by atoms with van der Waals surface area (Å²) < 4.78 is 14.7. The lowest BCUT2D eigenvalue weighted by Crippen LogP contribution is -2.50. The molecular formula is C23H22ClFN4O3. The fraction of sp³-hybridized carbons (Fsp3) is 0.304. The summed E-state index contributed by atoms with van der Waals surface area (Å²) in [6, 6.07) is 9.13. The van der Waals surface area contributed by atoms with Crippen LogP contribution in [0.3, 0.4) is 0 Å². The molecule has 7 nitrogen and oxygen atoms in total. The number of halogens is 2. The quantitative estimate of drug-likeness (QED) is 0.605. The van der Waals surface area contributed by atoms with Crippen molar-refractivity contribution in [3.63, 3.8) is 0 Å². The molecule has 0 N–H and O–H groups in total. The fourth-order valence-electron chi connectivity index (χ4n) is 3.86. The highest BCUT2D eigenvalue weighted by Crippen LogP contribution is 2.20. The molecule has 2 aromatic carbocycles. The summed E-state index contributed by atoms with van der Waals surface area (Å²) in [5.41, 5.74) is 1.67. The minimum atomic E-state index is -0.502. The molecule has 0 atom stereocenters. The van der Waals surface area contributed by atoms with Crippen LogP contribution in [0.1, 0.15) is 22.3 Å². The summed E-state index contributed by atoms with van der Waals surface area (Å²) in [5.74, 6) is -0.878. The molecule has 0 saturated carbocycles. The van der Waals surface area contributed by atoms with E-state index in [9.17, 15) is 18.8 Å². The molecule has 3 aromatic rings. The molecule has 9 heteroatoms. The van der Waals surface area contributed by atoms with E-state index in [4.69, 9.17) is 11.6 Å². The van der Waals surface area contributed by atoms with Gasteiger partial charge in [-0.25, -0.2) is 9.37 Å². The third-order valence-electron chi connectivity index (χ3n) is 5.70. The summed E-state index contributed by atoms with van der Waals surface area (Å²) in [5, 5.41) is 0.602. The normalized spacial score (nSPS) is 14.1. The highest BCUT2D eigenvalue weighted by molar-refractivity contribution is 6.33. The third-order valence-corrected chi connectivity index (χ3v) is 6.02. The second-order valence-corrected chi connectivity index (χ2v) is 8.17. The van der Waals surface area contributed by atoms with E-state index < -0.39 is 5.82 Å². The minimum Gasteiger partial charge on any atom is -0.339 e. The van der Waals surface area contributed by atoms with Crippen LogP contribution < -0.4 is 5.56 Å². The van der Waals surface area contributed by atoms with E-state index in [1.807, 2.05) is 19.1 Å². The second-order valence-electron chi connectivity index (χ2n) is 7.76. The molecule has 0 unspecified atom stereocenters. The second kappa shape index (κ2) is 9.08. The van der Waals surface area contributed by atoms with Crippen molar-refractivity contribution in [3.05, 3.63) is 75.0 Å². The molecule has 1 aliphatic heterocycles. The average Bonchev–Trinajstić information content (AvgIpc) is 2.79. The molecule has 1 fully saturated rings. The SMILES string of the molecule is Cc1cccc2c(=O)n(CCC(=O)N3CCN(C(=O)c4ccc(F)cc4Cl)CC3)cnc12. The number of benzene rings is 2. The van der Waals surface area contributed by atoms with E-state index in [0.29, 0.717) is 37.1 Å². The smallest absolute Gasteiger partial charge is 0.261 e. The first-order valence-corrected chi connectivity index (χ1v) is 10.7. The van der Waals surface area contributed by atoms with Crippen LogP contribution in [0.4, 0.5) is 4.39 Å². The van der Waals surface area contributed by atoms with Crippen molar-refractivity contribution in [3.8, 4) is 0 Å². The van der Waals surface area contributed by atoms with Crippen molar-refractivity contribution < 1.29 is 14.0 Å². The molecule has 166 valence electrons. The van der Waals surface area contributed by atoms with Gasteiger partial charge in [-0.05, 0) is 36.8 Å². The molecule has 2 heterocycles. The van der Waals surface area contributed by atoms with E-state index in [1.54, 1.807) is 15.9 Å². The number of hydrogen-bond donors (Lipinski definition) is 0. The zero-order valence-electron chi connectivity index (χ0n) is 17.6. The molecule has 1 saturated heterocycles. The predicted molar refractivity (Wildman–Crippen MR) is 119 cm³/mol. The van der Waals surface area contributed by atoms with Gasteiger partial charge in [0, 0.05) is 39.1 Å². The number of amides is 2. The number of aromatic nitrogens is 2. The third kappa shape index (κ3) is 4.36. The molecule has 0 radical (unpaired) electrons. The molecule has 32 heavy (non-hydrogen) atoms. The number of aryl methyl sites for hydroxylation is 2. The maximum absolute atomic E-state index is 13.2. The van der Waals surface area contributed by atoms with Gasteiger partial charge in [-0.2, -0.15) is 0 Å². The lowest BCUT2D eigenvalue weighted by atomic mass is 10.1. The Bertz CT molecular complexity index is 1250. The topological polar surface area (TPSA) is 75.5 Å². The van der Waals surface area contributed by atoms with Crippen LogP contribution in [0, 0.1) is 12.7 Å². The average molecular weight is 457 g/mol. The summed E-state index contributed by atoms with van der Waals surface area (Å²) >= 11 is 5.99. The molecule has 2 amide bonds. The summed E-state index contributed by atoms with van der Waals surface area (Å²) in [7, 11) is 0. The Morgan fingerprint density at radius 3 is 2.53 bits per heavy atom. The zero-order valence-corrected chi connectivity index (χ0v) is 18.3. The van der Waals surface area contributed by atoms with Crippen LogP contribution in [0.2, 0.25) is 5.02 Å². The fourth-order valence-corrected chi connectivity index (χ4v) is 4.11. The van der Waals surface area contributed by atoms with E-state index >= 15 is 0 Å². The van der Waals surface area contributed by atoms with Gasteiger partial charge >= 0.3 is 0 Å². The maximum atomic E-state index is 13.2. The number of piperazine rings is 1. The Kier molecular flexibility index (Phi) is 6.23. The highest BCUT2D eigenvalue weighted by atomic mass is 35.5. The summed E-state index contributed by atoms with van der Waals surface area (Å²) in [6.45, 7) is 3.61.